The van der Waals surface area contributed by atoms with Gasteiger partial charge in [0.1, 0.15) is 0 Å². The van der Waals surface area contributed by atoms with Crippen molar-refractivity contribution in [3.63, 3.8) is 0 Å². The number of benzene rings is 2. The Morgan fingerprint density at radius 1 is 1.03 bits per heavy atom. The van der Waals surface area contributed by atoms with Crippen LogP contribution in [0.25, 0.3) is 16.3 Å². The minimum absolute atomic E-state index is 0. The van der Waals surface area contributed by atoms with Crippen molar-refractivity contribution in [3.8, 4) is 0 Å². The van der Waals surface area contributed by atoms with E-state index in [1.165, 1.54) is 16.5 Å². The van der Waals surface area contributed by atoms with E-state index in [1.807, 2.05) is 17.0 Å². The van der Waals surface area contributed by atoms with Gasteiger partial charge in [-0.3, -0.25) is 9.69 Å². The predicted molar refractivity (Wildman–Crippen MR) is 128 cm³/mol. The van der Waals surface area contributed by atoms with Gasteiger partial charge < -0.3 is 15.0 Å². The Balaban J connectivity index is 0.00000160. The van der Waals surface area contributed by atoms with Crippen molar-refractivity contribution in [2.75, 3.05) is 59.5 Å². The molecule has 0 spiro atoms. The van der Waals surface area contributed by atoms with Gasteiger partial charge in [0, 0.05) is 51.9 Å². The molecule has 0 atom stereocenters. The smallest absolute Gasteiger partial charge is 0.254 e. The lowest BCUT2D eigenvalue weighted by atomic mass is 9.93. The topological polar surface area (TPSA) is 44.8 Å². The van der Waals surface area contributed by atoms with Crippen LogP contribution in [0.2, 0.25) is 0 Å². The summed E-state index contributed by atoms with van der Waals surface area (Å²) in [5, 5.41) is 5.67. The number of hydrogen-bond acceptors (Lipinski definition) is 4. The first-order chi connectivity index (χ1) is 13.8. The van der Waals surface area contributed by atoms with E-state index in [9.17, 15) is 4.79 Å². The monoisotopic (exact) mass is 451 g/mol. The maximum absolute atomic E-state index is 13.3. The summed E-state index contributed by atoms with van der Waals surface area (Å²) in [6, 6.07) is 12.5. The highest BCUT2D eigenvalue weighted by molar-refractivity contribution is 6.09. The minimum Gasteiger partial charge on any atom is -0.383 e. The third-order valence-electron chi connectivity index (χ3n) is 5.80. The second-order valence-corrected chi connectivity index (χ2v) is 7.53. The number of carbonyl (C=O) groups excluding carboxylic acids is 1. The number of nitrogens with zero attached hydrogens (tertiary/aromatic N) is 2. The quantitative estimate of drug-likeness (QED) is 0.755. The Kier molecular flexibility index (Phi) is 9.59. The number of methoxy groups -OCH3 is 1. The Labute approximate surface area is 191 Å². The average molecular weight is 452 g/mol. The molecule has 30 heavy (non-hydrogen) atoms. The number of carbonyl (C=O) groups is 1. The minimum atomic E-state index is 0. The van der Waals surface area contributed by atoms with Crippen LogP contribution in [0.4, 0.5) is 0 Å². The molecule has 0 radical (unpaired) electrons. The fraction of sp³-hybridized carbons (Fsp3) is 0.435. The standard InChI is InChI=1S/C23H29N3O2.2ClH/c1-28-16-15-25-11-13-26(14-12-25)23(27)22-9-3-7-20-19(6-2-8-21(20)22)18-5-4-10-24-17-18;;/h2-3,5-9,24H,4,10-17H2,1H3;2*1H. The molecule has 0 aromatic heterocycles. The van der Waals surface area contributed by atoms with E-state index in [2.05, 4.69) is 40.6 Å². The number of amides is 1. The summed E-state index contributed by atoms with van der Waals surface area (Å²) >= 11 is 0. The van der Waals surface area contributed by atoms with Crippen molar-refractivity contribution in [1.82, 2.24) is 15.1 Å². The Hall–Kier alpha value is -1.63. The van der Waals surface area contributed by atoms with Gasteiger partial charge in [0.25, 0.3) is 5.91 Å². The summed E-state index contributed by atoms with van der Waals surface area (Å²) in [5.41, 5.74) is 3.38. The largest absolute Gasteiger partial charge is 0.383 e. The van der Waals surface area contributed by atoms with Crippen LogP contribution in [0, 0.1) is 0 Å². The summed E-state index contributed by atoms with van der Waals surface area (Å²) in [6.07, 6.45) is 3.37. The Morgan fingerprint density at radius 2 is 1.77 bits per heavy atom. The van der Waals surface area contributed by atoms with Gasteiger partial charge in [-0.05, 0) is 40.9 Å². The normalized spacial score (nSPS) is 17.1. The van der Waals surface area contributed by atoms with Gasteiger partial charge in [-0.2, -0.15) is 0 Å². The van der Waals surface area contributed by atoms with E-state index in [4.69, 9.17) is 4.74 Å². The lowest BCUT2D eigenvalue weighted by Crippen LogP contribution is -2.49. The fourth-order valence-electron chi connectivity index (χ4n) is 4.19. The van der Waals surface area contributed by atoms with Crippen molar-refractivity contribution in [1.29, 1.82) is 0 Å². The number of rotatable bonds is 5. The van der Waals surface area contributed by atoms with Crippen LogP contribution in [0.5, 0.6) is 0 Å². The molecular formula is C23H31Cl2N3O2. The first-order valence-electron chi connectivity index (χ1n) is 10.2. The molecule has 1 saturated heterocycles. The van der Waals surface area contributed by atoms with Crippen molar-refractivity contribution >= 4 is 47.1 Å². The van der Waals surface area contributed by atoms with Gasteiger partial charge in [-0.1, -0.05) is 36.4 Å². The zero-order chi connectivity index (χ0) is 19.3. The first-order valence-corrected chi connectivity index (χ1v) is 10.2. The highest BCUT2D eigenvalue weighted by Gasteiger charge is 2.23. The van der Waals surface area contributed by atoms with Gasteiger partial charge in [0.05, 0.1) is 6.61 Å². The zero-order valence-electron chi connectivity index (χ0n) is 17.4. The van der Waals surface area contributed by atoms with Crippen LogP contribution in [-0.4, -0.2) is 75.2 Å². The Morgan fingerprint density at radius 3 is 2.47 bits per heavy atom. The lowest BCUT2D eigenvalue weighted by Gasteiger charge is -2.34. The third kappa shape index (κ3) is 5.34. The molecule has 0 saturated carbocycles. The molecule has 0 aliphatic carbocycles. The van der Waals surface area contributed by atoms with Crippen LogP contribution >= 0.6 is 24.8 Å². The third-order valence-corrected chi connectivity index (χ3v) is 5.80. The zero-order valence-corrected chi connectivity index (χ0v) is 19.1. The second-order valence-electron chi connectivity index (χ2n) is 7.53. The summed E-state index contributed by atoms with van der Waals surface area (Å²) in [4.78, 5) is 17.6. The highest BCUT2D eigenvalue weighted by atomic mass is 35.5. The molecule has 2 heterocycles. The highest BCUT2D eigenvalue weighted by Crippen LogP contribution is 2.29. The van der Waals surface area contributed by atoms with Gasteiger partial charge in [0.15, 0.2) is 0 Å². The van der Waals surface area contributed by atoms with E-state index in [0.717, 1.165) is 69.8 Å². The molecule has 5 nitrogen and oxygen atoms in total. The van der Waals surface area contributed by atoms with Gasteiger partial charge in [0.2, 0.25) is 0 Å². The maximum Gasteiger partial charge on any atom is 0.254 e. The fourth-order valence-corrected chi connectivity index (χ4v) is 4.19. The molecule has 0 bridgehead atoms. The van der Waals surface area contributed by atoms with Gasteiger partial charge >= 0.3 is 0 Å². The Bertz CT molecular complexity index is 880. The van der Waals surface area contributed by atoms with Crippen LogP contribution in [0.15, 0.2) is 42.5 Å². The van der Waals surface area contributed by atoms with E-state index >= 15 is 0 Å². The first kappa shape index (κ1) is 24.6. The summed E-state index contributed by atoms with van der Waals surface area (Å²) in [5.74, 6) is 0.143. The van der Waals surface area contributed by atoms with Crippen molar-refractivity contribution in [2.45, 2.75) is 6.42 Å². The summed E-state index contributed by atoms with van der Waals surface area (Å²) < 4.78 is 5.17. The molecule has 2 aliphatic rings. The van der Waals surface area contributed by atoms with E-state index < -0.39 is 0 Å². The van der Waals surface area contributed by atoms with Crippen LogP contribution in [-0.2, 0) is 4.74 Å². The van der Waals surface area contributed by atoms with E-state index in [0.29, 0.717) is 0 Å². The SMILES string of the molecule is COCCN1CCN(C(=O)c2cccc3c(C4=CCCNC4)cccc23)CC1.Cl.Cl. The molecule has 2 aromatic carbocycles. The molecule has 2 aliphatic heterocycles. The predicted octanol–water partition coefficient (Wildman–Crippen LogP) is 3.46. The summed E-state index contributed by atoms with van der Waals surface area (Å²) in [7, 11) is 1.73. The van der Waals surface area contributed by atoms with Crippen LogP contribution < -0.4 is 5.32 Å². The number of fused-ring (bicyclic) bond motifs is 1. The van der Waals surface area contributed by atoms with Crippen molar-refractivity contribution < 1.29 is 9.53 Å². The van der Waals surface area contributed by atoms with Crippen molar-refractivity contribution in [2.24, 2.45) is 0 Å². The van der Waals surface area contributed by atoms with Crippen LogP contribution in [0.1, 0.15) is 22.3 Å². The molecule has 7 heteroatoms. The summed E-state index contributed by atoms with van der Waals surface area (Å²) in [6.45, 7) is 6.95. The van der Waals surface area contributed by atoms with Gasteiger partial charge in [-0.25, -0.2) is 0 Å². The molecule has 4 rings (SSSR count). The molecule has 164 valence electrons. The lowest BCUT2D eigenvalue weighted by molar-refractivity contribution is 0.0596. The average Bonchev–Trinajstić information content (AvgIpc) is 2.77. The van der Waals surface area contributed by atoms with Crippen molar-refractivity contribution in [3.05, 3.63) is 53.6 Å². The second kappa shape index (κ2) is 11.7. The maximum atomic E-state index is 13.3. The number of piperazine rings is 1. The number of hydrogen-bond donors (Lipinski definition) is 1. The molecule has 0 unspecified atom stereocenters. The molecular weight excluding hydrogens is 421 g/mol. The van der Waals surface area contributed by atoms with Gasteiger partial charge in [-0.15, -0.1) is 24.8 Å². The number of nitrogens with one attached hydrogen (secondary N) is 1. The number of halogens is 2. The molecule has 2 aromatic rings. The van der Waals surface area contributed by atoms with Crippen LogP contribution in [0.3, 0.4) is 0 Å². The number of ether oxygens (including phenoxy) is 1. The molecule has 1 amide bonds. The van der Waals surface area contributed by atoms with E-state index in [-0.39, 0.29) is 30.7 Å². The molecule has 1 N–H and O–H groups in total. The van der Waals surface area contributed by atoms with E-state index in [1.54, 1.807) is 7.11 Å². The molecule has 1 fully saturated rings.